The highest BCUT2D eigenvalue weighted by atomic mass is 16.5. The second kappa shape index (κ2) is 6.96. The zero-order valence-corrected chi connectivity index (χ0v) is 8.96. The van der Waals surface area contributed by atoms with E-state index in [1.807, 2.05) is 0 Å². The molecule has 0 aromatic heterocycles. The third-order valence-electron chi connectivity index (χ3n) is 2.66. The van der Waals surface area contributed by atoms with E-state index in [-0.39, 0.29) is 0 Å². The van der Waals surface area contributed by atoms with E-state index in [4.69, 9.17) is 9.47 Å². The van der Waals surface area contributed by atoms with Crippen molar-refractivity contribution in [3.63, 3.8) is 0 Å². The fourth-order valence-corrected chi connectivity index (χ4v) is 1.79. The molecular formula is C11H20O3. The van der Waals surface area contributed by atoms with Gasteiger partial charge in [0.05, 0.1) is 0 Å². The van der Waals surface area contributed by atoms with Crippen LogP contribution in [0.4, 0.5) is 0 Å². The molecule has 0 radical (unpaired) electrons. The molecule has 0 amide bonds. The first-order chi connectivity index (χ1) is 6.83. The molecule has 0 saturated carbocycles. The molecule has 3 nitrogen and oxygen atoms in total. The third kappa shape index (κ3) is 4.72. The Morgan fingerprint density at radius 3 is 2.79 bits per heavy atom. The lowest BCUT2D eigenvalue weighted by atomic mass is 9.93. The summed E-state index contributed by atoms with van der Waals surface area (Å²) in [5, 5.41) is 0. The van der Waals surface area contributed by atoms with Gasteiger partial charge in [0.25, 0.3) is 0 Å². The lowest BCUT2D eigenvalue weighted by Gasteiger charge is -2.21. The number of methoxy groups -OCH3 is 1. The van der Waals surface area contributed by atoms with E-state index in [0.29, 0.717) is 24.7 Å². The number of Topliss-reactive ketones (excluding diaryl/α,β-unsaturated/α-hetero) is 1. The number of carbonyl (C=O) groups is 1. The zero-order chi connectivity index (χ0) is 10.2. The molecule has 1 saturated heterocycles. The largest absolute Gasteiger partial charge is 0.385 e. The molecule has 3 heteroatoms. The van der Waals surface area contributed by atoms with Crippen LogP contribution in [0.5, 0.6) is 0 Å². The minimum absolute atomic E-state index is 0.383. The first kappa shape index (κ1) is 11.7. The van der Waals surface area contributed by atoms with Gasteiger partial charge in [0.1, 0.15) is 5.78 Å². The molecule has 0 unspecified atom stereocenters. The maximum atomic E-state index is 11.5. The van der Waals surface area contributed by atoms with E-state index in [2.05, 4.69) is 0 Å². The molecule has 0 aromatic rings. The molecule has 0 aromatic carbocycles. The monoisotopic (exact) mass is 200 g/mol. The molecule has 1 aliphatic heterocycles. The van der Waals surface area contributed by atoms with Crippen LogP contribution in [0.25, 0.3) is 0 Å². The van der Waals surface area contributed by atoms with Crippen LogP contribution in [-0.2, 0) is 14.3 Å². The average Bonchev–Trinajstić information content (AvgIpc) is 2.20. The van der Waals surface area contributed by atoms with Crippen molar-refractivity contribution in [3.8, 4) is 0 Å². The van der Waals surface area contributed by atoms with Gasteiger partial charge in [-0.1, -0.05) is 0 Å². The van der Waals surface area contributed by atoms with E-state index in [0.717, 1.165) is 38.9 Å². The molecule has 1 heterocycles. The molecule has 1 fully saturated rings. The van der Waals surface area contributed by atoms with Gasteiger partial charge in [-0.05, 0) is 25.2 Å². The van der Waals surface area contributed by atoms with Crippen LogP contribution in [0.1, 0.15) is 32.1 Å². The predicted molar refractivity (Wildman–Crippen MR) is 54.3 cm³/mol. The van der Waals surface area contributed by atoms with Gasteiger partial charge in [0.15, 0.2) is 0 Å². The lowest BCUT2D eigenvalue weighted by Crippen LogP contribution is -2.18. The summed E-state index contributed by atoms with van der Waals surface area (Å²) < 4.78 is 10.2. The lowest BCUT2D eigenvalue weighted by molar-refractivity contribution is -0.120. The van der Waals surface area contributed by atoms with Crippen LogP contribution in [0.2, 0.25) is 0 Å². The number of carbonyl (C=O) groups excluding carboxylic acids is 1. The van der Waals surface area contributed by atoms with Gasteiger partial charge in [-0.2, -0.15) is 0 Å². The van der Waals surface area contributed by atoms with Gasteiger partial charge < -0.3 is 9.47 Å². The number of rotatable bonds is 6. The minimum Gasteiger partial charge on any atom is -0.385 e. The molecule has 1 rings (SSSR count). The highest BCUT2D eigenvalue weighted by molar-refractivity contribution is 5.78. The standard InChI is InChI=1S/C11H20O3/c1-13-6-2-3-11(12)9-10-4-7-14-8-5-10/h10H,2-9H2,1H3. The second-order valence-corrected chi connectivity index (χ2v) is 3.89. The zero-order valence-electron chi connectivity index (χ0n) is 8.96. The topological polar surface area (TPSA) is 35.5 Å². The van der Waals surface area contributed by atoms with Crippen molar-refractivity contribution in [2.24, 2.45) is 5.92 Å². The first-order valence-corrected chi connectivity index (χ1v) is 5.41. The highest BCUT2D eigenvalue weighted by Gasteiger charge is 2.16. The van der Waals surface area contributed by atoms with Gasteiger partial charge in [-0.25, -0.2) is 0 Å². The quantitative estimate of drug-likeness (QED) is 0.613. The maximum absolute atomic E-state index is 11.5. The van der Waals surface area contributed by atoms with Crippen molar-refractivity contribution in [3.05, 3.63) is 0 Å². The summed E-state index contributed by atoms with van der Waals surface area (Å²) in [4.78, 5) is 11.5. The summed E-state index contributed by atoms with van der Waals surface area (Å²) in [7, 11) is 1.67. The Kier molecular flexibility index (Phi) is 5.80. The average molecular weight is 200 g/mol. The Labute approximate surface area is 85.8 Å². The fourth-order valence-electron chi connectivity index (χ4n) is 1.79. The Balaban J connectivity index is 2.06. The van der Waals surface area contributed by atoms with E-state index in [9.17, 15) is 4.79 Å². The second-order valence-electron chi connectivity index (χ2n) is 3.89. The van der Waals surface area contributed by atoms with Crippen molar-refractivity contribution in [1.82, 2.24) is 0 Å². The predicted octanol–water partition coefficient (Wildman–Crippen LogP) is 1.80. The van der Waals surface area contributed by atoms with Crippen LogP contribution in [0.15, 0.2) is 0 Å². The highest BCUT2D eigenvalue weighted by Crippen LogP contribution is 2.19. The normalized spacial score (nSPS) is 18.4. The van der Waals surface area contributed by atoms with Crippen LogP contribution < -0.4 is 0 Å². The van der Waals surface area contributed by atoms with Crippen molar-refractivity contribution >= 4 is 5.78 Å². The van der Waals surface area contributed by atoms with E-state index >= 15 is 0 Å². The first-order valence-electron chi connectivity index (χ1n) is 5.41. The number of hydrogen-bond donors (Lipinski definition) is 0. The Bertz CT molecular complexity index is 162. The van der Waals surface area contributed by atoms with Crippen molar-refractivity contribution in [2.75, 3.05) is 26.9 Å². The Hall–Kier alpha value is -0.410. The summed E-state index contributed by atoms with van der Waals surface area (Å²) in [6.07, 6.45) is 4.38. The molecule has 0 N–H and O–H groups in total. The van der Waals surface area contributed by atoms with Gasteiger partial charge in [0.2, 0.25) is 0 Å². The molecule has 14 heavy (non-hydrogen) atoms. The van der Waals surface area contributed by atoms with Crippen molar-refractivity contribution in [1.29, 1.82) is 0 Å². The maximum Gasteiger partial charge on any atom is 0.133 e. The van der Waals surface area contributed by atoms with Gasteiger partial charge in [-0.15, -0.1) is 0 Å². The molecule has 1 aliphatic rings. The summed E-state index contributed by atoms with van der Waals surface area (Å²) >= 11 is 0. The van der Waals surface area contributed by atoms with Gasteiger partial charge >= 0.3 is 0 Å². The van der Waals surface area contributed by atoms with Crippen LogP contribution in [-0.4, -0.2) is 32.7 Å². The van der Waals surface area contributed by atoms with Crippen LogP contribution in [0, 0.1) is 5.92 Å². The molecule has 0 spiro atoms. The summed E-state index contributed by atoms with van der Waals surface area (Å²) in [5.41, 5.74) is 0. The third-order valence-corrected chi connectivity index (χ3v) is 2.66. The summed E-state index contributed by atoms with van der Waals surface area (Å²) in [5.74, 6) is 0.952. The van der Waals surface area contributed by atoms with Crippen LogP contribution >= 0.6 is 0 Å². The number of ether oxygens (including phenoxy) is 2. The van der Waals surface area contributed by atoms with E-state index < -0.39 is 0 Å². The van der Waals surface area contributed by atoms with Gasteiger partial charge in [0, 0.05) is 39.8 Å². The molecule has 0 atom stereocenters. The molecule has 82 valence electrons. The Morgan fingerprint density at radius 2 is 2.14 bits per heavy atom. The summed E-state index contributed by atoms with van der Waals surface area (Å²) in [6.45, 7) is 2.35. The Morgan fingerprint density at radius 1 is 1.43 bits per heavy atom. The fraction of sp³-hybridized carbons (Fsp3) is 0.909. The molecule has 0 bridgehead atoms. The SMILES string of the molecule is COCCCC(=O)CC1CCOCC1. The molecular weight excluding hydrogens is 180 g/mol. The minimum atomic E-state index is 0.383. The molecule has 0 aliphatic carbocycles. The van der Waals surface area contributed by atoms with Crippen LogP contribution in [0.3, 0.4) is 0 Å². The van der Waals surface area contributed by atoms with Crippen molar-refractivity contribution < 1.29 is 14.3 Å². The van der Waals surface area contributed by atoms with Crippen molar-refractivity contribution in [2.45, 2.75) is 32.1 Å². The number of hydrogen-bond acceptors (Lipinski definition) is 3. The number of ketones is 1. The smallest absolute Gasteiger partial charge is 0.133 e. The van der Waals surface area contributed by atoms with E-state index in [1.54, 1.807) is 7.11 Å². The van der Waals surface area contributed by atoms with E-state index in [1.165, 1.54) is 0 Å². The summed E-state index contributed by atoms with van der Waals surface area (Å²) in [6, 6.07) is 0. The van der Waals surface area contributed by atoms with Gasteiger partial charge in [-0.3, -0.25) is 4.79 Å².